The molecule has 0 radical (unpaired) electrons. The Kier molecular flexibility index (Phi) is 4.82. The summed E-state index contributed by atoms with van der Waals surface area (Å²) < 4.78 is 1.47. The first-order valence-electron chi connectivity index (χ1n) is 8.56. The largest absolute Gasteiger partial charge is 0.386 e. The second kappa shape index (κ2) is 6.97. The van der Waals surface area contributed by atoms with Gasteiger partial charge in [-0.15, -0.1) is 11.3 Å². The highest BCUT2D eigenvalue weighted by Crippen LogP contribution is 2.35. The molecule has 2 aromatic heterocycles. The van der Waals surface area contributed by atoms with Crippen LogP contribution in [0.2, 0.25) is 10.0 Å². The van der Waals surface area contributed by atoms with Crippen molar-refractivity contribution < 1.29 is 5.11 Å². The first-order chi connectivity index (χ1) is 12.4. The summed E-state index contributed by atoms with van der Waals surface area (Å²) in [5, 5.41) is 12.2. The Labute approximate surface area is 165 Å². The molecule has 2 heterocycles. The first kappa shape index (κ1) is 18.0. The van der Waals surface area contributed by atoms with Crippen molar-refractivity contribution in [1.82, 2.24) is 9.55 Å². The highest BCUT2D eigenvalue weighted by molar-refractivity contribution is 7.18. The van der Waals surface area contributed by atoms with E-state index < -0.39 is 6.10 Å². The minimum Gasteiger partial charge on any atom is -0.386 e. The maximum atomic E-state index is 13.0. The first-order valence-corrected chi connectivity index (χ1v) is 10.1. The molecule has 2 unspecified atom stereocenters. The van der Waals surface area contributed by atoms with Crippen LogP contribution in [-0.2, 0) is 19.4 Å². The summed E-state index contributed by atoms with van der Waals surface area (Å²) in [6.07, 6.45) is 3.59. The van der Waals surface area contributed by atoms with Crippen LogP contribution in [0.15, 0.2) is 29.3 Å². The summed E-state index contributed by atoms with van der Waals surface area (Å²) in [5.41, 5.74) is 1.55. The molecule has 0 bridgehead atoms. The molecule has 1 aromatic carbocycles. The van der Waals surface area contributed by atoms with E-state index >= 15 is 0 Å². The number of thiophene rings is 1. The van der Waals surface area contributed by atoms with Gasteiger partial charge in [0.05, 0.1) is 24.4 Å². The SMILES string of the molecule is CC1CCc2c(sc3ncn(CC(O)c4cc(Cl)ccc4Cl)c(=O)c23)C1. The summed E-state index contributed by atoms with van der Waals surface area (Å²) in [4.78, 5) is 19.6. The van der Waals surface area contributed by atoms with Crippen molar-refractivity contribution in [2.45, 2.75) is 38.8 Å². The zero-order chi connectivity index (χ0) is 18.4. The number of aryl methyl sites for hydroxylation is 1. The Hall–Kier alpha value is -1.40. The predicted molar refractivity (Wildman–Crippen MR) is 106 cm³/mol. The Morgan fingerprint density at radius 1 is 1.42 bits per heavy atom. The molecule has 0 saturated carbocycles. The topological polar surface area (TPSA) is 55.1 Å². The average molecular weight is 409 g/mol. The Balaban J connectivity index is 1.72. The lowest BCUT2D eigenvalue weighted by Gasteiger charge is -2.18. The van der Waals surface area contributed by atoms with Crippen LogP contribution in [0.25, 0.3) is 10.2 Å². The molecule has 1 aliphatic carbocycles. The summed E-state index contributed by atoms with van der Waals surface area (Å²) in [7, 11) is 0. The summed E-state index contributed by atoms with van der Waals surface area (Å²) >= 11 is 13.8. The number of aliphatic hydroxyl groups excluding tert-OH is 1. The molecule has 136 valence electrons. The van der Waals surface area contributed by atoms with Gasteiger partial charge in [-0.1, -0.05) is 30.1 Å². The van der Waals surface area contributed by atoms with Gasteiger partial charge in [0.15, 0.2) is 0 Å². The van der Waals surface area contributed by atoms with Crippen LogP contribution in [0.5, 0.6) is 0 Å². The van der Waals surface area contributed by atoms with E-state index in [-0.39, 0.29) is 12.1 Å². The fraction of sp³-hybridized carbons (Fsp3) is 0.368. The van der Waals surface area contributed by atoms with Crippen LogP contribution in [0, 0.1) is 5.92 Å². The van der Waals surface area contributed by atoms with Gasteiger partial charge in [-0.25, -0.2) is 4.98 Å². The van der Waals surface area contributed by atoms with Crippen molar-refractivity contribution in [1.29, 1.82) is 0 Å². The lowest BCUT2D eigenvalue weighted by Crippen LogP contribution is -2.24. The number of nitrogens with zero attached hydrogens (tertiary/aromatic N) is 2. The molecule has 26 heavy (non-hydrogen) atoms. The normalized spacial score (nSPS) is 18.1. The van der Waals surface area contributed by atoms with Gasteiger partial charge in [0.2, 0.25) is 0 Å². The third-order valence-electron chi connectivity index (χ3n) is 4.97. The molecule has 0 amide bonds. The van der Waals surface area contributed by atoms with Crippen LogP contribution >= 0.6 is 34.5 Å². The lowest BCUT2D eigenvalue weighted by atomic mass is 9.89. The molecular formula is C19H18Cl2N2O2S. The van der Waals surface area contributed by atoms with Crippen LogP contribution in [0.3, 0.4) is 0 Å². The van der Waals surface area contributed by atoms with Gasteiger partial charge in [-0.3, -0.25) is 9.36 Å². The second-order valence-corrected chi connectivity index (χ2v) is 8.84. The van der Waals surface area contributed by atoms with Gasteiger partial charge in [-0.2, -0.15) is 0 Å². The third-order valence-corrected chi connectivity index (χ3v) is 6.71. The number of hydrogen-bond donors (Lipinski definition) is 1. The maximum absolute atomic E-state index is 13.0. The van der Waals surface area contributed by atoms with E-state index in [1.807, 2.05) is 0 Å². The summed E-state index contributed by atoms with van der Waals surface area (Å²) in [6.45, 7) is 2.33. The van der Waals surface area contributed by atoms with E-state index in [4.69, 9.17) is 23.2 Å². The van der Waals surface area contributed by atoms with E-state index in [0.717, 1.165) is 29.7 Å². The molecule has 1 aliphatic rings. The zero-order valence-corrected chi connectivity index (χ0v) is 16.5. The number of aromatic nitrogens is 2. The van der Waals surface area contributed by atoms with E-state index in [2.05, 4.69) is 11.9 Å². The Morgan fingerprint density at radius 2 is 2.23 bits per heavy atom. The number of hydrogen-bond acceptors (Lipinski definition) is 4. The zero-order valence-electron chi connectivity index (χ0n) is 14.2. The van der Waals surface area contributed by atoms with Gasteiger partial charge < -0.3 is 5.11 Å². The molecule has 0 spiro atoms. The minimum atomic E-state index is -0.937. The van der Waals surface area contributed by atoms with Crippen LogP contribution < -0.4 is 5.56 Å². The average Bonchev–Trinajstić information content (AvgIpc) is 2.97. The van der Waals surface area contributed by atoms with Gasteiger partial charge in [0.25, 0.3) is 5.56 Å². The number of halogens is 2. The highest BCUT2D eigenvalue weighted by Gasteiger charge is 2.24. The fourth-order valence-corrected chi connectivity index (χ4v) is 5.32. The van der Waals surface area contributed by atoms with Crippen molar-refractivity contribution in [3.63, 3.8) is 0 Å². The van der Waals surface area contributed by atoms with Crippen LogP contribution in [0.1, 0.15) is 35.5 Å². The second-order valence-electron chi connectivity index (χ2n) is 6.92. The number of benzene rings is 1. The van der Waals surface area contributed by atoms with Crippen molar-refractivity contribution >= 4 is 44.8 Å². The standard InChI is InChI=1S/C19H18Cl2N2O2S/c1-10-2-4-12-16(6-10)26-18-17(12)19(25)23(9-22-18)8-15(24)13-7-11(20)3-5-14(13)21/h3,5,7,9-10,15,24H,2,4,6,8H2,1H3. The fourth-order valence-electron chi connectivity index (χ4n) is 3.55. The smallest absolute Gasteiger partial charge is 0.262 e. The summed E-state index contributed by atoms with van der Waals surface area (Å²) in [6, 6.07) is 4.93. The number of aliphatic hydroxyl groups is 1. The molecule has 1 N–H and O–H groups in total. The van der Waals surface area contributed by atoms with E-state index in [1.165, 1.54) is 15.8 Å². The highest BCUT2D eigenvalue weighted by atomic mass is 35.5. The summed E-state index contributed by atoms with van der Waals surface area (Å²) in [5.74, 6) is 0.643. The molecule has 0 saturated heterocycles. The predicted octanol–water partition coefficient (Wildman–Crippen LogP) is 4.62. The minimum absolute atomic E-state index is 0.0862. The molecule has 3 aromatic rings. The van der Waals surface area contributed by atoms with E-state index in [9.17, 15) is 9.90 Å². The third kappa shape index (κ3) is 3.18. The van der Waals surface area contributed by atoms with Crippen molar-refractivity contribution in [2.24, 2.45) is 5.92 Å². The Bertz CT molecular complexity index is 1040. The maximum Gasteiger partial charge on any atom is 0.262 e. The molecular weight excluding hydrogens is 391 g/mol. The molecule has 2 atom stereocenters. The van der Waals surface area contributed by atoms with Crippen LogP contribution in [-0.4, -0.2) is 14.7 Å². The van der Waals surface area contributed by atoms with E-state index in [1.54, 1.807) is 29.5 Å². The molecule has 0 fully saturated rings. The Morgan fingerprint density at radius 3 is 3.04 bits per heavy atom. The molecule has 0 aliphatic heterocycles. The van der Waals surface area contributed by atoms with Gasteiger partial charge >= 0.3 is 0 Å². The van der Waals surface area contributed by atoms with Gasteiger partial charge in [-0.05, 0) is 48.9 Å². The molecule has 4 rings (SSSR count). The molecule has 7 heteroatoms. The van der Waals surface area contributed by atoms with Crippen molar-refractivity contribution in [3.8, 4) is 0 Å². The van der Waals surface area contributed by atoms with E-state index in [0.29, 0.717) is 26.9 Å². The van der Waals surface area contributed by atoms with Gasteiger partial charge in [0, 0.05) is 20.5 Å². The van der Waals surface area contributed by atoms with Crippen molar-refractivity contribution in [3.05, 3.63) is 60.9 Å². The van der Waals surface area contributed by atoms with Crippen LogP contribution in [0.4, 0.5) is 0 Å². The lowest BCUT2D eigenvalue weighted by molar-refractivity contribution is 0.155. The van der Waals surface area contributed by atoms with Gasteiger partial charge in [0.1, 0.15) is 4.83 Å². The number of fused-ring (bicyclic) bond motifs is 3. The van der Waals surface area contributed by atoms with Crippen molar-refractivity contribution in [2.75, 3.05) is 0 Å². The quantitative estimate of drug-likeness (QED) is 0.687. The molecule has 4 nitrogen and oxygen atoms in total. The monoisotopic (exact) mass is 408 g/mol. The number of rotatable bonds is 3.